The maximum absolute atomic E-state index is 12.9. The molecule has 1 heterocycles. The molecule has 1 aliphatic heterocycles. The van der Waals surface area contributed by atoms with Crippen LogP contribution in [0.15, 0.2) is 72.8 Å². The average Bonchev–Trinajstić information content (AvgIpc) is 2.81. The summed E-state index contributed by atoms with van der Waals surface area (Å²) in [6.45, 7) is 6.37. The van der Waals surface area contributed by atoms with Gasteiger partial charge in [0.25, 0.3) is 5.91 Å². The Hall–Kier alpha value is -3.57. The molecule has 4 rings (SSSR count). The number of halogens is 1. The minimum absolute atomic E-state index is 0.152. The second kappa shape index (κ2) is 10.1. The van der Waals surface area contributed by atoms with Crippen molar-refractivity contribution in [3.63, 3.8) is 0 Å². The Kier molecular flexibility index (Phi) is 7.03. The van der Waals surface area contributed by atoms with Crippen molar-refractivity contribution < 1.29 is 14.3 Å². The van der Waals surface area contributed by atoms with Gasteiger partial charge >= 0.3 is 0 Å². The van der Waals surface area contributed by atoms with Gasteiger partial charge in [-0.1, -0.05) is 61.8 Å². The van der Waals surface area contributed by atoms with Crippen LogP contribution in [0.25, 0.3) is 6.08 Å². The van der Waals surface area contributed by atoms with Crippen molar-refractivity contribution >= 4 is 40.9 Å². The summed E-state index contributed by atoms with van der Waals surface area (Å²) in [5.74, 6) is 0.641. The van der Waals surface area contributed by atoms with Gasteiger partial charge in [0.2, 0.25) is 5.91 Å². The number of nitrogens with one attached hydrogen (secondary N) is 1. The first-order valence-electron chi connectivity index (χ1n) is 11.3. The molecule has 5 nitrogen and oxygen atoms in total. The number of fused-ring (bicyclic) bond motifs is 1. The lowest BCUT2D eigenvalue weighted by Gasteiger charge is -2.33. The maximum Gasteiger partial charge on any atom is 0.268 e. The van der Waals surface area contributed by atoms with Gasteiger partial charge < -0.3 is 15.0 Å². The summed E-state index contributed by atoms with van der Waals surface area (Å²) in [6.07, 6.45) is 2.67. The molecular formula is C28H27ClN2O3. The number of amides is 2. The highest BCUT2D eigenvalue weighted by Gasteiger charge is 2.31. The van der Waals surface area contributed by atoms with Crippen LogP contribution >= 0.6 is 11.6 Å². The molecule has 0 aliphatic carbocycles. The number of hydrogen-bond donors (Lipinski definition) is 1. The molecule has 0 spiro atoms. The third-order valence-corrected chi connectivity index (χ3v) is 5.93. The predicted octanol–water partition coefficient (Wildman–Crippen LogP) is 6.43. The van der Waals surface area contributed by atoms with Gasteiger partial charge in [-0.25, -0.2) is 0 Å². The lowest BCUT2D eigenvalue weighted by atomic mass is 10.0. The van der Waals surface area contributed by atoms with Crippen LogP contribution in [0.5, 0.6) is 5.75 Å². The summed E-state index contributed by atoms with van der Waals surface area (Å²) in [7, 11) is 0. The molecule has 0 bridgehead atoms. The van der Waals surface area contributed by atoms with Gasteiger partial charge in [0.1, 0.15) is 5.75 Å². The Balaban J connectivity index is 1.51. The molecule has 2 amide bonds. The zero-order valence-corrected chi connectivity index (χ0v) is 20.2. The van der Waals surface area contributed by atoms with Crippen molar-refractivity contribution in [3.8, 4) is 5.75 Å². The Morgan fingerprint density at radius 2 is 1.88 bits per heavy atom. The normalized spacial score (nSPS) is 15.4. The van der Waals surface area contributed by atoms with Gasteiger partial charge in [-0.3, -0.25) is 9.59 Å². The van der Waals surface area contributed by atoms with Crippen LogP contribution in [0.1, 0.15) is 43.4 Å². The molecule has 3 aromatic carbocycles. The minimum atomic E-state index is -0.600. The van der Waals surface area contributed by atoms with E-state index in [2.05, 4.69) is 31.3 Å². The molecule has 1 atom stereocenters. The van der Waals surface area contributed by atoms with E-state index in [1.165, 1.54) is 11.6 Å². The number of rotatable bonds is 6. The van der Waals surface area contributed by atoms with Crippen molar-refractivity contribution in [3.05, 3.63) is 94.5 Å². The van der Waals surface area contributed by atoms with E-state index in [1.807, 2.05) is 30.3 Å². The van der Waals surface area contributed by atoms with Crippen molar-refractivity contribution in [1.82, 2.24) is 0 Å². The number of ether oxygens (including phenoxy) is 1. The third-order valence-electron chi connectivity index (χ3n) is 5.69. The van der Waals surface area contributed by atoms with Crippen molar-refractivity contribution in [2.45, 2.75) is 39.3 Å². The standard InChI is InChI=1S/C28H27ClN2O3/c1-18(2)22-10-7-20(8-11-22)9-14-27(32)30-24-12-13-26-25(16-24)31(28(33)19(3)34-26)17-21-5-4-6-23(29)15-21/h4-16,18-19H,17H2,1-3H3,(H,30,32)/b14-9+. The Morgan fingerprint density at radius 3 is 2.59 bits per heavy atom. The molecule has 0 radical (unpaired) electrons. The van der Waals surface area contributed by atoms with Crippen LogP contribution < -0.4 is 15.0 Å². The number of anilines is 2. The molecule has 34 heavy (non-hydrogen) atoms. The summed E-state index contributed by atoms with van der Waals surface area (Å²) in [5.41, 5.74) is 4.29. The lowest BCUT2D eigenvalue weighted by Crippen LogP contribution is -2.44. The topological polar surface area (TPSA) is 58.6 Å². The van der Waals surface area contributed by atoms with Crippen LogP contribution in [0.4, 0.5) is 11.4 Å². The van der Waals surface area contributed by atoms with Gasteiger partial charge in [-0.15, -0.1) is 0 Å². The molecule has 3 aromatic rings. The smallest absolute Gasteiger partial charge is 0.268 e. The maximum atomic E-state index is 12.9. The van der Waals surface area contributed by atoms with Crippen LogP contribution in [-0.2, 0) is 16.1 Å². The van der Waals surface area contributed by atoms with E-state index in [1.54, 1.807) is 42.2 Å². The van der Waals surface area contributed by atoms with Crippen LogP contribution in [0, 0.1) is 0 Å². The van der Waals surface area contributed by atoms with E-state index >= 15 is 0 Å². The molecule has 0 saturated heterocycles. The Morgan fingerprint density at radius 1 is 1.12 bits per heavy atom. The van der Waals surface area contributed by atoms with Crippen molar-refractivity contribution in [1.29, 1.82) is 0 Å². The van der Waals surface area contributed by atoms with E-state index in [0.29, 0.717) is 34.6 Å². The largest absolute Gasteiger partial charge is 0.479 e. The van der Waals surface area contributed by atoms with E-state index in [0.717, 1.165) is 11.1 Å². The zero-order valence-electron chi connectivity index (χ0n) is 19.4. The Labute approximate surface area is 205 Å². The van der Waals surface area contributed by atoms with Gasteiger partial charge in [0.05, 0.1) is 12.2 Å². The summed E-state index contributed by atoms with van der Waals surface area (Å²) in [4.78, 5) is 27.1. The van der Waals surface area contributed by atoms with Crippen molar-refractivity contribution in [2.75, 3.05) is 10.2 Å². The Bertz CT molecular complexity index is 1230. The summed E-state index contributed by atoms with van der Waals surface area (Å²) in [5, 5.41) is 3.48. The van der Waals surface area contributed by atoms with Crippen LogP contribution in [0.2, 0.25) is 5.02 Å². The summed E-state index contributed by atoms with van der Waals surface area (Å²) in [6, 6.07) is 20.8. The molecule has 1 unspecified atom stereocenters. The highest BCUT2D eigenvalue weighted by Crippen LogP contribution is 2.37. The van der Waals surface area contributed by atoms with Gasteiger partial charge in [0.15, 0.2) is 6.10 Å². The molecular weight excluding hydrogens is 448 g/mol. The molecule has 0 aromatic heterocycles. The number of hydrogen-bond acceptors (Lipinski definition) is 3. The quantitative estimate of drug-likeness (QED) is 0.419. The van der Waals surface area contributed by atoms with Crippen LogP contribution in [0.3, 0.4) is 0 Å². The second-order valence-corrected chi connectivity index (χ2v) is 9.08. The van der Waals surface area contributed by atoms with E-state index < -0.39 is 6.10 Å². The first kappa shape index (κ1) is 23.6. The van der Waals surface area contributed by atoms with E-state index in [4.69, 9.17) is 16.3 Å². The fourth-order valence-electron chi connectivity index (χ4n) is 3.81. The molecule has 0 fully saturated rings. The zero-order chi connectivity index (χ0) is 24.2. The number of carbonyl (C=O) groups is 2. The lowest BCUT2D eigenvalue weighted by molar-refractivity contribution is -0.125. The minimum Gasteiger partial charge on any atom is -0.479 e. The first-order valence-corrected chi connectivity index (χ1v) is 11.6. The number of nitrogens with zero attached hydrogens (tertiary/aromatic N) is 1. The summed E-state index contributed by atoms with van der Waals surface area (Å²) >= 11 is 6.12. The van der Waals surface area contributed by atoms with Gasteiger partial charge in [0, 0.05) is 16.8 Å². The van der Waals surface area contributed by atoms with Gasteiger partial charge in [-0.05, 0) is 65.9 Å². The number of benzene rings is 3. The van der Waals surface area contributed by atoms with E-state index in [9.17, 15) is 9.59 Å². The molecule has 1 N–H and O–H groups in total. The molecule has 6 heteroatoms. The SMILES string of the molecule is CC1Oc2ccc(NC(=O)/C=C/c3ccc(C(C)C)cc3)cc2N(Cc2cccc(Cl)c2)C1=O. The predicted molar refractivity (Wildman–Crippen MR) is 137 cm³/mol. The van der Waals surface area contributed by atoms with E-state index in [-0.39, 0.29) is 11.8 Å². The molecule has 0 saturated carbocycles. The third kappa shape index (κ3) is 5.49. The highest BCUT2D eigenvalue weighted by molar-refractivity contribution is 6.30. The fraction of sp³-hybridized carbons (Fsp3) is 0.214. The number of carbonyl (C=O) groups excluding carboxylic acids is 2. The van der Waals surface area contributed by atoms with Crippen LogP contribution in [-0.4, -0.2) is 17.9 Å². The first-order chi connectivity index (χ1) is 16.3. The average molecular weight is 475 g/mol. The second-order valence-electron chi connectivity index (χ2n) is 8.64. The summed E-state index contributed by atoms with van der Waals surface area (Å²) < 4.78 is 5.78. The van der Waals surface area contributed by atoms with Gasteiger partial charge in [-0.2, -0.15) is 0 Å². The molecule has 174 valence electrons. The van der Waals surface area contributed by atoms with Crippen molar-refractivity contribution in [2.24, 2.45) is 0 Å². The highest BCUT2D eigenvalue weighted by atomic mass is 35.5. The molecule has 1 aliphatic rings. The monoisotopic (exact) mass is 474 g/mol. The fourth-order valence-corrected chi connectivity index (χ4v) is 4.03.